The molecule has 0 aliphatic carbocycles. The number of carbonyl (C=O) groups excluding carboxylic acids is 2. The molecule has 25 heavy (non-hydrogen) atoms. The van der Waals surface area contributed by atoms with E-state index in [0.717, 1.165) is 11.1 Å². The second-order valence-corrected chi connectivity index (χ2v) is 6.57. The van der Waals surface area contributed by atoms with Crippen LogP contribution in [0.5, 0.6) is 0 Å². The quantitative estimate of drug-likeness (QED) is 0.729. The number of fused-ring (bicyclic) bond motifs is 1. The van der Waals surface area contributed by atoms with E-state index in [0.29, 0.717) is 22.7 Å². The molecule has 1 amide bonds. The summed E-state index contributed by atoms with van der Waals surface area (Å²) in [5.41, 5.74) is 2.77. The number of ether oxygens (including phenoxy) is 1. The van der Waals surface area contributed by atoms with Crippen LogP contribution in [0.1, 0.15) is 37.9 Å². The third kappa shape index (κ3) is 3.16. The molecule has 2 heterocycles. The van der Waals surface area contributed by atoms with E-state index in [1.54, 1.807) is 29.8 Å². The van der Waals surface area contributed by atoms with Crippen molar-refractivity contribution >= 4 is 28.3 Å². The van der Waals surface area contributed by atoms with Crippen LogP contribution in [0.15, 0.2) is 60.1 Å². The minimum absolute atomic E-state index is 0.243. The van der Waals surface area contributed by atoms with Crippen molar-refractivity contribution in [3.05, 3.63) is 82.4 Å². The first-order valence-corrected chi connectivity index (χ1v) is 8.68. The number of nitrogens with one attached hydrogen (secondary N) is 1. The van der Waals surface area contributed by atoms with Gasteiger partial charge in [-0.2, -0.15) is 0 Å². The standard InChI is InChI=1S/C19H14N2O3S/c22-17(21-19-20-8-9-25-19)13-6-7-15-14(10-13)11-16(24-18(15)23)12-4-2-1-3-5-12/h1-10,16H,11H2,(H,20,21,22). The molecule has 1 atom stereocenters. The molecule has 124 valence electrons. The zero-order valence-electron chi connectivity index (χ0n) is 13.1. The Bertz CT molecular complexity index is 923. The first kappa shape index (κ1) is 15.5. The zero-order chi connectivity index (χ0) is 17.2. The second-order valence-electron chi connectivity index (χ2n) is 5.67. The summed E-state index contributed by atoms with van der Waals surface area (Å²) in [6.07, 6.45) is 1.84. The van der Waals surface area contributed by atoms with Gasteiger partial charge >= 0.3 is 5.97 Å². The molecule has 0 saturated carbocycles. The molecule has 4 rings (SSSR count). The molecule has 1 N–H and O–H groups in total. The molecular formula is C19H14N2O3S. The Morgan fingerprint density at radius 1 is 1.20 bits per heavy atom. The van der Waals surface area contributed by atoms with Gasteiger partial charge in [0.25, 0.3) is 5.91 Å². The molecule has 1 unspecified atom stereocenters. The van der Waals surface area contributed by atoms with Crippen LogP contribution in [0.4, 0.5) is 5.13 Å². The second kappa shape index (κ2) is 6.49. The van der Waals surface area contributed by atoms with Gasteiger partial charge in [-0.05, 0) is 29.3 Å². The number of rotatable bonds is 3. The van der Waals surface area contributed by atoms with E-state index < -0.39 is 0 Å². The van der Waals surface area contributed by atoms with Gasteiger partial charge in [-0.25, -0.2) is 9.78 Å². The number of aromatic nitrogens is 1. The maximum atomic E-state index is 12.4. The minimum Gasteiger partial charge on any atom is -0.454 e. The number of benzene rings is 2. The lowest BCUT2D eigenvalue weighted by atomic mass is 9.93. The van der Waals surface area contributed by atoms with E-state index >= 15 is 0 Å². The molecule has 0 bridgehead atoms. The summed E-state index contributed by atoms with van der Waals surface area (Å²) in [6, 6.07) is 14.6. The number of anilines is 1. The lowest BCUT2D eigenvalue weighted by molar-refractivity contribution is 0.0252. The van der Waals surface area contributed by atoms with E-state index in [1.165, 1.54) is 11.3 Å². The van der Waals surface area contributed by atoms with Gasteiger partial charge in [0.2, 0.25) is 0 Å². The van der Waals surface area contributed by atoms with E-state index in [1.807, 2.05) is 30.3 Å². The van der Waals surface area contributed by atoms with Crippen molar-refractivity contribution in [2.24, 2.45) is 0 Å². The lowest BCUT2D eigenvalue weighted by Gasteiger charge is -2.25. The van der Waals surface area contributed by atoms with Gasteiger partial charge in [0.05, 0.1) is 5.56 Å². The molecule has 0 spiro atoms. The fourth-order valence-corrected chi connectivity index (χ4v) is 3.37. The third-order valence-electron chi connectivity index (χ3n) is 4.07. The fourth-order valence-electron chi connectivity index (χ4n) is 2.85. The first-order valence-electron chi connectivity index (χ1n) is 7.80. The number of cyclic esters (lactones) is 1. The number of thiazole rings is 1. The Hall–Kier alpha value is -2.99. The topological polar surface area (TPSA) is 68.3 Å². The molecule has 1 aliphatic heterocycles. The molecule has 5 nitrogen and oxygen atoms in total. The Morgan fingerprint density at radius 2 is 2.04 bits per heavy atom. The Kier molecular flexibility index (Phi) is 4.03. The SMILES string of the molecule is O=C(Nc1nccs1)c1ccc2c(c1)CC(c1ccccc1)OC2=O. The van der Waals surface area contributed by atoms with Crippen molar-refractivity contribution in [3.63, 3.8) is 0 Å². The Balaban J connectivity index is 1.61. The molecule has 6 heteroatoms. The van der Waals surface area contributed by atoms with Gasteiger partial charge in [0.1, 0.15) is 6.10 Å². The maximum Gasteiger partial charge on any atom is 0.339 e. The molecule has 2 aromatic carbocycles. The molecule has 0 radical (unpaired) electrons. The van der Waals surface area contributed by atoms with Crippen molar-refractivity contribution in [1.82, 2.24) is 4.98 Å². The summed E-state index contributed by atoms with van der Waals surface area (Å²) in [5, 5.41) is 5.09. The van der Waals surface area contributed by atoms with Gasteiger partial charge < -0.3 is 4.74 Å². The average Bonchev–Trinajstić information content (AvgIpc) is 3.15. The number of amides is 1. The third-order valence-corrected chi connectivity index (χ3v) is 4.75. The van der Waals surface area contributed by atoms with Crippen molar-refractivity contribution in [1.29, 1.82) is 0 Å². The highest BCUT2D eigenvalue weighted by Gasteiger charge is 2.28. The van der Waals surface area contributed by atoms with Gasteiger partial charge in [-0.1, -0.05) is 30.3 Å². The highest BCUT2D eigenvalue weighted by molar-refractivity contribution is 7.13. The summed E-state index contributed by atoms with van der Waals surface area (Å²) >= 11 is 1.36. The van der Waals surface area contributed by atoms with Crippen molar-refractivity contribution in [2.75, 3.05) is 5.32 Å². The average molecular weight is 350 g/mol. The number of carbonyl (C=O) groups is 2. The predicted octanol–water partition coefficient (Wildman–Crippen LogP) is 3.85. The summed E-state index contributed by atoms with van der Waals surface area (Å²) < 4.78 is 5.54. The number of nitrogens with zero attached hydrogens (tertiary/aromatic N) is 1. The van der Waals surface area contributed by atoms with Gasteiger partial charge in [-0.3, -0.25) is 10.1 Å². The lowest BCUT2D eigenvalue weighted by Crippen LogP contribution is -2.23. The molecule has 1 aliphatic rings. The highest BCUT2D eigenvalue weighted by Crippen LogP contribution is 2.31. The summed E-state index contributed by atoms with van der Waals surface area (Å²) in [4.78, 5) is 28.7. The van der Waals surface area contributed by atoms with Crippen LogP contribution in [0.2, 0.25) is 0 Å². The highest BCUT2D eigenvalue weighted by atomic mass is 32.1. The van der Waals surface area contributed by atoms with E-state index in [4.69, 9.17) is 4.74 Å². The molecular weight excluding hydrogens is 336 g/mol. The zero-order valence-corrected chi connectivity index (χ0v) is 14.0. The van der Waals surface area contributed by atoms with Gasteiger partial charge in [0.15, 0.2) is 5.13 Å². The normalized spacial score (nSPS) is 16.0. The van der Waals surface area contributed by atoms with Crippen LogP contribution in [0, 0.1) is 0 Å². The van der Waals surface area contributed by atoms with Crippen molar-refractivity contribution in [3.8, 4) is 0 Å². The van der Waals surface area contributed by atoms with E-state index in [-0.39, 0.29) is 18.0 Å². The van der Waals surface area contributed by atoms with Crippen molar-refractivity contribution in [2.45, 2.75) is 12.5 Å². The van der Waals surface area contributed by atoms with Gasteiger partial charge in [0, 0.05) is 23.6 Å². The Labute approximate surface area is 148 Å². The monoisotopic (exact) mass is 350 g/mol. The number of hydrogen-bond donors (Lipinski definition) is 1. The summed E-state index contributed by atoms with van der Waals surface area (Å²) in [6.45, 7) is 0. The molecule has 1 aromatic heterocycles. The van der Waals surface area contributed by atoms with Crippen LogP contribution in [-0.2, 0) is 11.2 Å². The largest absolute Gasteiger partial charge is 0.454 e. The van der Waals surface area contributed by atoms with Crippen LogP contribution < -0.4 is 5.32 Å². The van der Waals surface area contributed by atoms with Crippen LogP contribution in [0.25, 0.3) is 0 Å². The maximum absolute atomic E-state index is 12.4. The Morgan fingerprint density at radius 3 is 2.80 bits per heavy atom. The fraction of sp³-hybridized carbons (Fsp3) is 0.105. The van der Waals surface area contributed by atoms with E-state index in [9.17, 15) is 9.59 Å². The van der Waals surface area contributed by atoms with Crippen LogP contribution in [-0.4, -0.2) is 16.9 Å². The molecule has 3 aromatic rings. The predicted molar refractivity (Wildman–Crippen MR) is 94.8 cm³/mol. The van der Waals surface area contributed by atoms with Crippen molar-refractivity contribution < 1.29 is 14.3 Å². The molecule has 0 saturated heterocycles. The van der Waals surface area contributed by atoms with Crippen LogP contribution >= 0.6 is 11.3 Å². The minimum atomic E-state index is -0.359. The smallest absolute Gasteiger partial charge is 0.339 e. The van der Waals surface area contributed by atoms with E-state index in [2.05, 4.69) is 10.3 Å². The number of esters is 1. The number of hydrogen-bond acceptors (Lipinski definition) is 5. The summed E-state index contributed by atoms with van der Waals surface area (Å²) in [7, 11) is 0. The summed E-state index contributed by atoms with van der Waals surface area (Å²) in [5.74, 6) is -0.602. The molecule has 0 fully saturated rings. The van der Waals surface area contributed by atoms with Crippen LogP contribution in [0.3, 0.4) is 0 Å². The first-order chi connectivity index (χ1) is 12.2. The van der Waals surface area contributed by atoms with Gasteiger partial charge in [-0.15, -0.1) is 11.3 Å².